The molecule has 0 bridgehead atoms. The average molecular weight is 289 g/mol. The minimum atomic E-state index is -0.419. The molecule has 4 heteroatoms. The first kappa shape index (κ1) is 15.8. The number of anilines is 1. The van der Waals surface area contributed by atoms with Gasteiger partial charge in [0.1, 0.15) is 11.4 Å². The van der Waals surface area contributed by atoms with Crippen molar-refractivity contribution in [2.75, 3.05) is 18.5 Å². The highest BCUT2D eigenvalue weighted by Crippen LogP contribution is 2.27. The maximum Gasteiger partial charge on any atom is 0.146 e. The molecule has 1 unspecified atom stereocenters. The van der Waals surface area contributed by atoms with Crippen molar-refractivity contribution in [3.05, 3.63) is 30.1 Å². The van der Waals surface area contributed by atoms with Crippen LogP contribution >= 0.6 is 0 Å². The van der Waals surface area contributed by atoms with E-state index in [1.54, 1.807) is 12.1 Å². The zero-order chi connectivity index (χ0) is 15.3. The van der Waals surface area contributed by atoms with Crippen LogP contribution in [-0.4, -0.2) is 25.2 Å². The van der Waals surface area contributed by atoms with Gasteiger partial charge in [-0.2, -0.15) is 5.26 Å². The topological polar surface area (TPSA) is 39.1 Å². The molecular weight excluding hydrogens is 265 g/mol. The maximum atomic E-state index is 13.7. The van der Waals surface area contributed by atoms with Crippen molar-refractivity contribution >= 4 is 5.69 Å². The molecule has 1 N–H and O–H groups in total. The highest BCUT2D eigenvalue weighted by Gasteiger charge is 2.34. The molecule has 1 fully saturated rings. The lowest BCUT2D eigenvalue weighted by atomic mass is 9.91. The Kier molecular flexibility index (Phi) is 5.19. The van der Waals surface area contributed by atoms with Gasteiger partial charge in [-0.3, -0.25) is 5.32 Å². The van der Waals surface area contributed by atoms with Crippen LogP contribution in [0.4, 0.5) is 10.1 Å². The van der Waals surface area contributed by atoms with E-state index >= 15 is 0 Å². The number of hydrogen-bond acceptors (Lipinski definition) is 3. The SMILES string of the molecule is CCC(C#N)(CCCN(C)c1ccccc1F)NC1CC1. The number of nitrogens with one attached hydrogen (secondary N) is 1. The van der Waals surface area contributed by atoms with Crippen LogP contribution in [0.5, 0.6) is 0 Å². The third-order valence-corrected chi connectivity index (χ3v) is 4.24. The maximum absolute atomic E-state index is 13.7. The summed E-state index contributed by atoms with van der Waals surface area (Å²) in [5, 5.41) is 13.0. The molecule has 0 aliphatic heterocycles. The molecule has 1 aliphatic carbocycles. The van der Waals surface area contributed by atoms with Crippen LogP contribution in [0, 0.1) is 17.1 Å². The largest absolute Gasteiger partial charge is 0.372 e. The lowest BCUT2D eigenvalue weighted by Crippen LogP contribution is -2.45. The van der Waals surface area contributed by atoms with E-state index in [2.05, 4.69) is 18.3 Å². The first-order valence-electron chi connectivity index (χ1n) is 7.75. The van der Waals surface area contributed by atoms with Gasteiger partial charge in [0, 0.05) is 19.6 Å². The van der Waals surface area contributed by atoms with Crippen molar-refractivity contribution in [1.29, 1.82) is 5.26 Å². The van der Waals surface area contributed by atoms with Crippen LogP contribution in [0.15, 0.2) is 24.3 Å². The molecule has 1 aromatic rings. The molecule has 1 aliphatic rings. The quantitative estimate of drug-likeness (QED) is 0.796. The fourth-order valence-corrected chi connectivity index (χ4v) is 2.64. The summed E-state index contributed by atoms with van der Waals surface area (Å²) < 4.78 is 13.7. The second-order valence-electron chi connectivity index (χ2n) is 5.94. The number of halogens is 1. The Bertz CT molecular complexity index is 507. The first-order valence-corrected chi connectivity index (χ1v) is 7.75. The summed E-state index contributed by atoms with van der Waals surface area (Å²) in [4.78, 5) is 1.92. The first-order chi connectivity index (χ1) is 10.1. The molecule has 0 amide bonds. The summed E-state index contributed by atoms with van der Waals surface area (Å²) in [6.07, 6.45) is 4.84. The highest BCUT2D eigenvalue weighted by atomic mass is 19.1. The van der Waals surface area contributed by atoms with E-state index in [1.165, 1.54) is 18.9 Å². The van der Waals surface area contributed by atoms with Gasteiger partial charge in [-0.1, -0.05) is 19.1 Å². The normalized spacial score (nSPS) is 17.0. The molecule has 1 aromatic carbocycles. The van der Waals surface area contributed by atoms with Gasteiger partial charge in [-0.15, -0.1) is 0 Å². The van der Waals surface area contributed by atoms with E-state index in [1.807, 2.05) is 18.0 Å². The Hall–Kier alpha value is -1.60. The van der Waals surface area contributed by atoms with Crippen molar-refractivity contribution < 1.29 is 4.39 Å². The number of benzene rings is 1. The summed E-state index contributed by atoms with van der Waals surface area (Å²) in [7, 11) is 1.90. The fraction of sp³-hybridized carbons (Fsp3) is 0.588. The summed E-state index contributed by atoms with van der Waals surface area (Å²) >= 11 is 0. The van der Waals surface area contributed by atoms with Gasteiger partial charge in [-0.05, 0) is 44.2 Å². The fourth-order valence-electron chi connectivity index (χ4n) is 2.64. The second-order valence-corrected chi connectivity index (χ2v) is 5.94. The van der Waals surface area contributed by atoms with E-state index in [-0.39, 0.29) is 5.82 Å². The predicted molar refractivity (Wildman–Crippen MR) is 83.7 cm³/mol. The summed E-state index contributed by atoms with van der Waals surface area (Å²) in [6.45, 7) is 2.80. The summed E-state index contributed by atoms with van der Waals surface area (Å²) in [5.74, 6) is -0.196. The Morgan fingerprint density at radius 3 is 2.71 bits per heavy atom. The van der Waals surface area contributed by atoms with Crippen LogP contribution in [0.2, 0.25) is 0 Å². The average Bonchev–Trinajstić information content (AvgIpc) is 3.30. The smallest absolute Gasteiger partial charge is 0.146 e. The molecule has 1 atom stereocenters. The van der Waals surface area contributed by atoms with Gasteiger partial charge in [-0.25, -0.2) is 4.39 Å². The van der Waals surface area contributed by atoms with Gasteiger partial charge >= 0.3 is 0 Å². The van der Waals surface area contributed by atoms with E-state index in [0.29, 0.717) is 11.7 Å². The Labute approximate surface area is 126 Å². The molecule has 3 nitrogen and oxygen atoms in total. The second kappa shape index (κ2) is 6.91. The molecule has 2 rings (SSSR count). The Morgan fingerprint density at radius 2 is 2.14 bits per heavy atom. The lowest BCUT2D eigenvalue weighted by Gasteiger charge is -2.28. The van der Waals surface area contributed by atoms with Crippen LogP contribution < -0.4 is 10.2 Å². The molecular formula is C17H24FN3. The zero-order valence-electron chi connectivity index (χ0n) is 12.9. The number of nitrogens with zero attached hydrogens (tertiary/aromatic N) is 2. The number of rotatable bonds is 8. The number of nitriles is 1. The molecule has 21 heavy (non-hydrogen) atoms. The van der Waals surface area contributed by atoms with Crippen molar-refractivity contribution in [3.8, 4) is 6.07 Å². The lowest BCUT2D eigenvalue weighted by molar-refractivity contribution is 0.362. The molecule has 114 valence electrons. The van der Waals surface area contributed by atoms with E-state index in [9.17, 15) is 9.65 Å². The summed E-state index contributed by atoms with van der Waals surface area (Å²) in [5.41, 5.74) is 0.198. The standard InChI is InChI=1S/C17H24FN3/c1-3-17(13-19,20-14-9-10-14)11-6-12-21(2)16-8-5-4-7-15(16)18/h4-5,7-8,14,20H,3,6,9-12H2,1-2H3. The molecule has 0 radical (unpaired) electrons. The highest BCUT2D eigenvalue weighted by molar-refractivity contribution is 5.46. The third kappa shape index (κ3) is 4.18. The van der Waals surface area contributed by atoms with Crippen LogP contribution in [0.25, 0.3) is 0 Å². The molecule has 0 saturated heterocycles. The third-order valence-electron chi connectivity index (χ3n) is 4.24. The monoisotopic (exact) mass is 289 g/mol. The van der Waals surface area contributed by atoms with Crippen LogP contribution in [0.3, 0.4) is 0 Å². The summed E-state index contributed by atoms with van der Waals surface area (Å²) in [6, 6.07) is 9.79. The Morgan fingerprint density at radius 1 is 1.43 bits per heavy atom. The van der Waals surface area contributed by atoms with Crippen molar-refractivity contribution in [3.63, 3.8) is 0 Å². The van der Waals surface area contributed by atoms with Gasteiger partial charge in [0.2, 0.25) is 0 Å². The van der Waals surface area contributed by atoms with Crippen molar-refractivity contribution in [2.45, 2.75) is 50.6 Å². The predicted octanol–water partition coefficient (Wildman–Crippen LogP) is 3.47. The Balaban J connectivity index is 1.87. The van der Waals surface area contributed by atoms with Crippen molar-refractivity contribution in [1.82, 2.24) is 5.32 Å². The van der Waals surface area contributed by atoms with E-state index in [0.717, 1.165) is 25.8 Å². The van der Waals surface area contributed by atoms with Gasteiger partial charge in [0.25, 0.3) is 0 Å². The molecule has 1 saturated carbocycles. The van der Waals surface area contributed by atoms with E-state index < -0.39 is 5.54 Å². The molecule has 0 heterocycles. The van der Waals surface area contributed by atoms with Crippen LogP contribution in [-0.2, 0) is 0 Å². The zero-order valence-corrected chi connectivity index (χ0v) is 12.9. The van der Waals surface area contributed by atoms with Gasteiger partial charge in [0.05, 0.1) is 11.8 Å². The number of hydrogen-bond donors (Lipinski definition) is 1. The molecule has 0 aromatic heterocycles. The molecule has 0 spiro atoms. The van der Waals surface area contributed by atoms with Crippen LogP contribution in [0.1, 0.15) is 39.0 Å². The van der Waals surface area contributed by atoms with Crippen molar-refractivity contribution in [2.24, 2.45) is 0 Å². The minimum absolute atomic E-state index is 0.196. The van der Waals surface area contributed by atoms with Gasteiger partial charge in [0.15, 0.2) is 0 Å². The van der Waals surface area contributed by atoms with Gasteiger partial charge < -0.3 is 4.90 Å². The van der Waals surface area contributed by atoms with E-state index in [4.69, 9.17) is 0 Å². The minimum Gasteiger partial charge on any atom is -0.372 e. The number of para-hydroxylation sites is 1.